The maximum atomic E-state index is 10.7. The molecule has 0 aliphatic carbocycles. The van der Waals surface area contributed by atoms with Crippen molar-refractivity contribution in [3.63, 3.8) is 0 Å². The van der Waals surface area contributed by atoms with E-state index in [2.05, 4.69) is 0 Å². The van der Waals surface area contributed by atoms with Crippen LogP contribution in [-0.2, 0) is 20.5 Å². The minimum absolute atomic E-state index is 0.0347. The van der Waals surface area contributed by atoms with E-state index in [0.717, 1.165) is 15.9 Å². The second-order valence-electron chi connectivity index (χ2n) is 6.43. The van der Waals surface area contributed by atoms with Crippen LogP contribution in [0.3, 0.4) is 0 Å². The quantitative estimate of drug-likeness (QED) is 0.813. The van der Waals surface area contributed by atoms with Crippen LogP contribution in [0, 0.1) is 0 Å². The van der Waals surface area contributed by atoms with E-state index in [4.69, 9.17) is 20.1 Å². The topological polar surface area (TPSA) is 81.8 Å². The molecule has 3 N–H and O–H groups in total. The molecular formula is C15H22BNO4S. The van der Waals surface area contributed by atoms with Gasteiger partial charge in [0.1, 0.15) is 0 Å². The lowest BCUT2D eigenvalue weighted by molar-refractivity contribution is -0.136. The molecule has 0 aromatic carbocycles. The Balaban J connectivity index is 2.18. The van der Waals surface area contributed by atoms with Crippen LogP contribution < -0.4 is 5.73 Å². The molecule has 22 heavy (non-hydrogen) atoms. The molecule has 2 heterocycles. The van der Waals surface area contributed by atoms with E-state index >= 15 is 0 Å². The molecule has 1 aliphatic rings. The standard InChI is InChI=1S/C15H22BNO4S/c1-14(2)15(3,4)21-16(20-14)11(8-17)5-10-6-12(22-9-10)7-13(18)19/h5-6,9H,7-8,17H2,1-4H3,(H,18,19). The Kier molecular flexibility index (Phi) is 4.82. The summed E-state index contributed by atoms with van der Waals surface area (Å²) in [5.41, 5.74) is 6.80. The number of carboxylic acid groups (broad SMARTS) is 1. The monoisotopic (exact) mass is 323 g/mol. The van der Waals surface area contributed by atoms with Crippen molar-refractivity contribution in [1.29, 1.82) is 0 Å². The van der Waals surface area contributed by atoms with Gasteiger partial charge in [-0.15, -0.1) is 11.3 Å². The number of rotatable bonds is 5. The molecule has 1 aromatic heterocycles. The third-order valence-corrected chi connectivity index (χ3v) is 5.10. The Labute approximate surface area is 135 Å². The first-order valence-electron chi connectivity index (χ1n) is 7.20. The lowest BCUT2D eigenvalue weighted by atomic mass is 9.77. The fourth-order valence-electron chi connectivity index (χ4n) is 2.15. The Morgan fingerprint density at radius 3 is 2.45 bits per heavy atom. The van der Waals surface area contributed by atoms with Crippen molar-refractivity contribution in [2.45, 2.75) is 45.3 Å². The Morgan fingerprint density at radius 2 is 1.95 bits per heavy atom. The molecule has 0 bridgehead atoms. The summed E-state index contributed by atoms with van der Waals surface area (Å²) in [7, 11) is -0.474. The molecule has 1 fully saturated rings. The normalized spacial score (nSPS) is 20.4. The summed E-state index contributed by atoms with van der Waals surface area (Å²) in [4.78, 5) is 11.5. The second kappa shape index (κ2) is 6.16. The Bertz CT molecular complexity index is 578. The van der Waals surface area contributed by atoms with Crippen LogP contribution in [0.2, 0.25) is 0 Å². The molecular weight excluding hydrogens is 301 g/mol. The summed E-state index contributed by atoms with van der Waals surface area (Å²) in [5.74, 6) is -0.831. The van der Waals surface area contributed by atoms with Gasteiger partial charge in [0.2, 0.25) is 0 Å². The van der Waals surface area contributed by atoms with Crippen molar-refractivity contribution in [3.8, 4) is 0 Å². The summed E-state index contributed by atoms with van der Waals surface area (Å²) in [6, 6.07) is 1.86. The van der Waals surface area contributed by atoms with Crippen molar-refractivity contribution in [1.82, 2.24) is 0 Å². The van der Waals surface area contributed by atoms with E-state index in [0.29, 0.717) is 6.54 Å². The predicted octanol–water partition coefficient (Wildman–Crippen LogP) is 2.35. The van der Waals surface area contributed by atoms with Crippen LogP contribution in [0.4, 0.5) is 0 Å². The lowest BCUT2D eigenvalue weighted by Crippen LogP contribution is -2.41. The first-order chi connectivity index (χ1) is 10.1. The van der Waals surface area contributed by atoms with Crippen molar-refractivity contribution < 1.29 is 19.2 Å². The van der Waals surface area contributed by atoms with Crippen LogP contribution in [-0.4, -0.2) is 35.9 Å². The van der Waals surface area contributed by atoms with Gasteiger partial charge >= 0.3 is 13.1 Å². The summed E-state index contributed by atoms with van der Waals surface area (Å²) in [6.07, 6.45) is 1.96. The van der Waals surface area contributed by atoms with Crippen molar-refractivity contribution in [2.24, 2.45) is 5.73 Å². The number of aliphatic carboxylic acids is 1. The molecule has 5 nitrogen and oxygen atoms in total. The minimum atomic E-state index is -0.831. The zero-order valence-corrected chi connectivity index (χ0v) is 14.2. The second-order valence-corrected chi connectivity index (χ2v) is 7.42. The first-order valence-corrected chi connectivity index (χ1v) is 8.08. The van der Waals surface area contributed by atoms with E-state index in [-0.39, 0.29) is 6.42 Å². The van der Waals surface area contributed by atoms with Gasteiger partial charge in [-0.05, 0) is 50.2 Å². The van der Waals surface area contributed by atoms with Crippen LogP contribution in [0.25, 0.3) is 6.08 Å². The number of nitrogens with two attached hydrogens (primary N) is 1. The lowest BCUT2D eigenvalue weighted by Gasteiger charge is -2.32. The largest absolute Gasteiger partial charge is 0.491 e. The molecule has 2 rings (SSSR count). The number of hydrogen-bond acceptors (Lipinski definition) is 5. The van der Waals surface area contributed by atoms with Gasteiger partial charge in [-0.25, -0.2) is 0 Å². The molecule has 1 saturated heterocycles. The minimum Gasteiger partial charge on any atom is -0.481 e. The third kappa shape index (κ3) is 3.60. The van der Waals surface area contributed by atoms with E-state index < -0.39 is 24.3 Å². The highest BCUT2D eigenvalue weighted by molar-refractivity contribution is 7.10. The predicted molar refractivity (Wildman–Crippen MR) is 88.8 cm³/mol. The molecule has 0 spiro atoms. The Hall–Kier alpha value is -1.15. The highest BCUT2D eigenvalue weighted by Gasteiger charge is 2.52. The fourth-order valence-corrected chi connectivity index (χ4v) is 2.98. The number of carbonyl (C=O) groups is 1. The van der Waals surface area contributed by atoms with E-state index in [1.54, 1.807) is 0 Å². The zero-order chi connectivity index (χ0) is 16.5. The number of thiophene rings is 1. The van der Waals surface area contributed by atoms with Gasteiger partial charge in [-0.2, -0.15) is 0 Å². The molecule has 120 valence electrons. The van der Waals surface area contributed by atoms with Gasteiger partial charge in [0.15, 0.2) is 0 Å². The molecule has 0 radical (unpaired) electrons. The van der Waals surface area contributed by atoms with Crippen LogP contribution in [0.5, 0.6) is 0 Å². The van der Waals surface area contributed by atoms with Gasteiger partial charge < -0.3 is 20.1 Å². The van der Waals surface area contributed by atoms with Gasteiger partial charge in [0.05, 0.1) is 17.6 Å². The Morgan fingerprint density at radius 1 is 1.36 bits per heavy atom. The summed E-state index contributed by atoms with van der Waals surface area (Å²) < 4.78 is 12.0. The van der Waals surface area contributed by atoms with Crippen LogP contribution >= 0.6 is 11.3 Å². The molecule has 0 atom stereocenters. The molecule has 1 aliphatic heterocycles. The van der Waals surface area contributed by atoms with Crippen molar-refractivity contribution >= 4 is 30.5 Å². The van der Waals surface area contributed by atoms with Crippen LogP contribution in [0.1, 0.15) is 38.1 Å². The molecule has 1 aromatic rings. The van der Waals surface area contributed by atoms with E-state index in [1.165, 1.54) is 11.3 Å². The summed E-state index contributed by atoms with van der Waals surface area (Å²) in [6.45, 7) is 8.31. The third-order valence-electron chi connectivity index (χ3n) is 4.14. The number of hydrogen-bond donors (Lipinski definition) is 2. The van der Waals surface area contributed by atoms with Gasteiger partial charge in [0, 0.05) is 11.4 Å². The van der Waals surface area contributed by atoms with Crippen LogP contribution in [0.15, 0.2) is 16.9 Å². The summed E-state index contributed by atoms with van der Waals surface area (Å²) >= 11 is 1.42. The van der Waals surface area contributed by atoms with Crippen molar-refractivity contribution in [3.05, 3.63) is 27.4 Å². The molecule has 0 saturated carbocycles. The maximum Gasteiger partial charge on any atom is 0.491 e. The maximum absolute atomic E-state index is 10.7. The first kappa shape index (κ1) is 17.2. The fraction of sp³-hybridized carbons (Fsp3) is 0.533. The van der Waals surface area contributed by atoms with Gasteiger partial charge in [0.25, 0.3) is 0 Å². The van der Waals surface area contributed by atoms with Gasteiger partial charge in [-0.3, -0.25) is 4.79 Å². The van der Waals surface area contributed by atoms with Gasteiger partial charge in [-0.1, -0.05) is 6.08 Å². The highest BCUT2D eigenvalue weighted by atomic mass is 32.1. The average Bonchev–Trinajstić information content (AvgIpc) is 2.88. The van der Waals surface area contributed by atoms with E-state index in [9.17, 15) is 4.79 Å². The molecule has 7 heteroatoms. The molecule has 0 amide bonds. The highest BCUT2D eigenvalue weighted by Crippen LogP contribution is 2.38. The van der Waals surface area contributed by atoms with E-state index in [1.807, 2.05) is 45.2 Å². The SMILES string of the molecule is CC1(C)OB(C(=Cc2csc(CC(=O)O)c2)CN)OC1(C)C. The summed E-state index contributed by atoms with van der Waals surface area (Å²) in [5, 5.41) is 10.7. The number of carboxylic acids is 1. The smallest absolute Gasteiger partial charge is 0.481 e. The zero-order valence-electron chi connectivity index (χ0n) is 13.4. The average molecular weight is 323 g/mol. The molecule has 0 unspecified atom stereocenters. The van der Waals surface area contributed by atoms with Crippen molar-refractivity contribution in [2.75, 3.05) is 6.54 Å².